The lowest BCUT2D eigenvalue weighted by atomic mass is 10.1. The Kier molecular flexibility index (Phi) is 4.84. The van der Waals surface area contributed by atoms with Gasteiger partial charge in [0.2, 0.25) is 0 Å². The van der Waals surface area contributed by atoms with Crippen LogP contribution in [0.25, 0.3) is 0 Å². The number of hydrogen-bond donors (Lipinski definition) is 3. The first-order chi connectivity index (χ1) is 9.01. The van der Waals surface area contributed by atoms with Gasteiger partial charge in [0.15, 0.2) is 8.32 Å². The topological polar surface area (TPSA) is 88.6 Å². The quantitative estimate of drug-likeness (QED) is 0.744. The molecule has 1 aromatic rings. The van der Waals surface area contributed by atoms with E-state index in [0.29, 0.717) is 16.8 Å². The number of aliphatic hydroxyl groups is 1. The van der Waals surface area contributed by atoms with E-state index < -0.39 is 8.32 Å². The third-order valence-corrected chi connectivity index (χ3v) is 8.61. The van der Waals surface area contributed by atoms with Crippen molar-refractivity contribution in [3.63, 3.8) is 0 Å². The van der Waals surface area contributed by atoms with E-state index in [4.69, 9.17) is 10.2 Å². The second kappa shape index (κ2) is 5.71. The zero-order valence-corrected chi connectivity index (χ0v) is 14.2. The molecule has 0 spiro atoms. The first-order valence-electron chi connectivity index (χ1n) is 6.73. The maximum Gasteiger partial charge on any atom is 0.192 e. The zero-order valence-electron chi connectivity index (χ0n) is 13.2. The lowest BCUT2D eigenvalue weighted by Crippen LogP contribution is -2.40. The molecule has 5 nitrogen and oxygen atoms in total. The summed E-state index contributed by atoms with van der Waals surface area (Å²) in [7, 11) is -1.94. The van der Waals surface area contributed by atoms with E-state index in [-0.39, 0.29) is 29.8 Å². The Morgan fingerprint density at radius 2 is 1.80 bits per heavy atom. The van der Waals surface area contributed by atoms with Gasteiger partial charge in [0.25, 0.3) is 0 Å². The summed E-state index contributed by atoms with van der Waals surface area (Å²) >= 11 is 0. The number of anilines is 1. The lowest BCUT2D eigenvalue weighted by Gasteiger charge is -2.36. The van der Waals surface area contributed by atoms with E-state index in [9.17, 15) is 10.2 Å². The van der Waals surface area contributed by atoms with Crippen molar-refractivity contribution >= 4 is 14.1 Å². The highest BCUT2D eigenvalue weighted by molar-refractivity contribution is 6.74. The number of rotatable bonds is 4. The standard InChI is InChI=1S/C14H26N2O3Si/c1-9-12(18)11(10(7-17)13(15)16-9)8-19-20(5,6)14(2,3)4/h17-18H,7-8H2,1-6H3,(H2,15,16). The lowest BCUT2D eigenvalue weighted by molar-refractivity contribution is 0.253. The minimum absolute atomic E-state index is 0.0574. The fourth-order valence-corrected chi connectivity index (χ4v) is 2.56. The van der Waals surface area contributed by atoms with Crippen LogP contribution in [0.5, 0.6) is 5.75 Å². The van der Waals surface area contributed by atoms with Gasteiger partial charge in [-0.25, -0.2) is 4.98 Å². The average molecular weight is 298 g/mol. The number of pyridine rings is 1. The van der Waals surface area contributed by atoms with Crippen LogP contribution >= 0.6 is 0 Å². The summed E-state index contributed by atoms with van der Waals surface area (Å²) in [6.07, 6.45) is 0. The molecule has 1 rings (SSSR count). The fraction of sp³-hybridized carbons (Fsp3) is 0.643. The van der Waals surface area contributed by atoms with E-state index in [0.717, 1.165) is 0 Å². The molecule has 1 aromatic heterocycles. The molecule has 0 saturated heterocycles. The Bertz CT molecular complexity index is 496. The van der Waals surface area contributed by atoms with Crippen molar-refractivity contribution in [3.05, 3.63) is 16.8 Å². The van der Waals surface area contributed by atoms with E-state index in [1.165, 1.54) is 0 Å². The second-order valence-corrected chi connectivity index (χ2v) is 11.4. The van der Waals surface area contributed by atoms with Gasteiger partial charge in [-0.3, -0.25) is 0 Å². The molecule has 0 saturated carbocycles. The number of aliphatic hydroxyl groups excluding tert-OH is 1. The summed E-state index contributed by atoms with van der Waals surface area (Å²) in [6, 6.07) is 0. The van der Waals surface area contributed by atoms with Gasteiger partial charge in [0, 0.05) is 11.1 Å². The molecule has 114 valence electrons. The molecule has 0 aliphatic carbocycles. The van der Waals surface area contributed by atoms with Crippen molar-refractivity contribution in [1.82, 2.24) is 4.98 Å². The highest BCUT2D eigenvalue weighted by Crippen LogP contribution is 2.38. The monoisotopic (exact) mass is 298 g/mol. The molecular formula is C14H26N2O3Si. The van der Waals surface area contributed by atoms with E-state index in [1.54, 1.807) is 6.92 Å². The number of nitrogen functional groups attached to an aromatic ring is 1. The van der Waals surface area contributed by atoms with Crippen molar-refractivity contribution in [1.29, 1.82) is 0 Å². The SMILES string of the molecule is Cc1nc(N)c(CO)c(CO[Si](C)(C)C(C)(C)C)c1O. The van der Waals surface area contributed by atoms with Crippen molar-refractivity contribution in [3.8, 4) is 5.75 Å². The van der Waals surface area contributed by atoms with Crippen LogP contribution in [-0.4, -0.2) is 23.5 Å². The van der Waals surface area contributed by atoms with Crippen molar-refractivity contribution in [2.24, 2.45) is 0 Å². The summed E-state index contributed by atoms with van der Waals surface area (Å²) in [5, 5.41) is 19.6. The van der Waals surface area contributed by atoms with Crippen molar-refractivity contribution in [2.45, 2.75) is 59.0 Å². The van der Waals surface area contributed by atoms with Crippen molar-refractivity contribution in [2.75, 3.05) is 5.73 Å². The minimum Gasteiger partial charge on any atom is -0.506 e. The van der Waals surface area contributed by atoms with E-state index >= 15 is 0 Å². The van der Waals surface area contributed by atoms with Gasteiger partial charge in [0.05, 0.1) is 18.9 Å². The summed E-state index contributed by atoms with van der Waals surface area (Å²) in [5.74, 6) is 0.304. The summed E-state index contributed by atoms with van der Waals surface area (Å²) in [6.45, 7) is 12.4. The largest absolute Gasteiger partial charge is 0.506 e. The zero-order chi connectivity index (χ0) is 15.7. The van der Waals surface area contributed by atoms with Crippen LogP contribution in [0.3, 0.4) is 0 Å². The number of hydrogen-bond acceptors (Lipinski definition) is 5. The fourth-order valence-electron chi connectivity index (χ4n) is 1.62. The molecule has 0 atom stereocenters. The van der Waals surface area contributed by atoms with Crippen LogP contribution in [0, 0.1) is 6.92 Å². The summed E-state index contributed by atoms with van der Waals surface area (Å²) in [5.41, 5.74) is 7.25. The third kappa shape index (κ3) is 3.31. The Balaban J connectivity index is 3.10. The Morgan fingerprint density at radius 1 is 1.25 bits per heavy atom. The first kappa shape index (κ1) is 16.9. The van der Waals surface area contributed by atoms with Gasteiger partial charge in [-0.2, -0.15) is 0 Å². The molecule has 0 radical (unpaired) electrons. The Morgan fingerprint density at radius 3 is 2.25 bits per heavy atom. The second-order valence-electron chi connectivity index (χ2n) is 6.60. The number of aromatic nitrogens is 1. The number of nitrogens with two attached hydrogens (primary N) is 1. The molecule has 0 aromatic carbocycles. The molecule has 0 bridgehead atoms. The Labute approximate surface area is 121 Å². The summed E-state index contributed by atoms with van der Waals surface area (Å²) < 4.78 is 6.10. The summed E-state index contributed by atoms with van der Waals surface area (Å²) in [4.78, 5) is 4.02. The number of nitrogens with zero attached hydrogens (tertiary/aromatic N) is 1. The minimum atomic E-state index is -1.94. The molecule has 0 aliphatic heterocycles. The van der Waals surface area contributed by atoms with Crippen LogP contribution < -0.4 is 5.73 Å². The molecule has 0 fully saturated rings. The molecule has 0 amide bonds. The molecule has 1 heterocycles. The van der Waals surface area contributed by atoms with Crippen LogP contribution in [0.2, 0.25) is 18.1 Å². The van der Waals surface area contributed by atoms with Gasteiger partial charge >= 0.3 is 0 Å². The molecule has 0 unspecified atom stereocenters. The maximum absolute atomic E-state index is 10.1. The van der Waals surface area contributed by atoms with Gasteiger partial charge in [-0.05, 0) is 25.1 Å². The highest BCUT2D eigenvalue weighted by Gasteiger charge is 2.37. The van der Waals surface area contributed by atoms with Gasteiger partial charge in [-0.15, -0.1) is 0 Å². The smallest absolute Gasteiger partial charge is 0.192 e. The molecule has 4 N–H and O–H groups in total. The highest BCUT2D eigenvalue weighted by atomic mass is 28.4. The van der Waals surface area contributed by atoms with Crippen molar-refractivity contribution < 1.29 is 14.6 Å². The molecular weight excluding hydrogens is 272 g/mol. The van der Waals surface area contributed by atoms with E-state index in [1.807, 2.05) is 0 Å². The first-order valence-corrected chi connectivity index (χ1v) is 9.63. The normalized spacial score (nSPS) is 12.8. The average Bonchev–Trinajstić information content (AvgIpc) is 2.30. The third-order valence-electron chi connectivity index (χ3n) is 4.13. The number of aromatic hydroxyl groups is 1. The van der Waals surface area contributed by atoms with Gasteiger partial charge in [-0.1, -0.05) is 20.8 Å². The van der Waals surface area contributed by atoms with Gasteiger partial charge < -0.3 is 20.4 Å². The van der Waals surface area contributed by atoms with Gasteiger partial charge in [0.1, 0.15) is 11.6 Å². The number of aryl methyl sites for hydroxylation is 1. The molecule has 0 aliphatic rings. The predicted octanol–water partition coefficient (Wildman–Crippen LogP) is 2.69. The van der Waals surface area contributed by atoms with E-state index in [2.05, 4.69) is 38.8 Å². The van der Waals surface area contributed by atoms with Crippen LogP contribution in [0.4, 0.5) is 5.82 Å². The predicted molar refractivity (Wildman–Crippen MR) is 83.0 cm³/mol. The molecule has 20 heavy (non-hydrogen) atoms. The van der Waals surface area contributed by atoms with Crippen LogP contribution in [0.1, 0.15) is 37.6 Å². The maximum atomic E-state index is 10.1. The van der Waals surface area contributed by atoms with Crippen LogP contribution in [0.15, 0.2) is 0 Å². The Hall–Kier alpha value is -1.11. The van der Waals surface area contributed by atoms with Crippen LogP contribution in [-0.2, 0) is 17.6 Å². The molecule has 6 heteroatoms.